The van der Waals surface area contributed by atoms with Crippen molar-refractivity contribution < 1.29 is 5.11 Å². The number of aliphatic hydroxyl groups is 1. The van der Waals surface area contributed by atoms with Crippen LogP contribution in [0.2, 0.25) is 0 Å². The fraction of sp³-hybridized carbons (Fsp3) is 1.00. The number of nitrogens with one attached hydrogen (secondary N) is 1. The number of aliphatic hydroxyl groups excluding tert-OH is 1. The van der Waals surface area contributed by atoms with E-state index in [1.165, 1.54) is 5.75 Å². The summed E-state index contributed by atoms with van der Waals surface area (Å²) < 4.78 is 0. The Balaban J connectivity index is 3.95. The zero-order valence-electron chi connectivity index (χ0n) is 11.5. The topological polar surface area (TPSA) is 32.3 Å². The van der Waals surface area contributed by atoms with E-state index in [1.807, 2.05) is 11.8 Å². The Morgan fingerprint density at radius 3 is 2.06 bits per heavy atom. The van der Waals surface area contributed by atoms with Gasteiger partial charge in [-0.05, 0) is 31.4 Å². The molecular formula is C13H29NOS. The first-order valence-electron chi connectivity index (χ1n) is 6.46. The van der Waals surface area contributed by atoms with Crippen molar-refractivity contribution >= 4 is 11.8 Å². The van der Waals surface area contributed by atoms with E-state index in [0.29, 0.717) is 6.04 Å². The van der Waals surface area contributed by atoms with Crippen molar-refractivity contribution in [1.29, 1.82) is 0 Å². The van der Waals surface area contributed by atoms with Gasteiger partial charge in [0.1, 0.15) is 0 Å². The summed E-state index contributed by atoms with van der Waals surface area (Å²) in [6.45, 7) is 11.2. The van der Waals surface area contributed by atoms with E-state index in [-0.39, 0.29) is 12.1 Å². The van der Waals surface area contributed by atoms with Crippen molar-refractivity contribution in [3.63, 3.8) is 0 Å². The minimum absolute atomic E-state index is 0.0716. The molecule has 0 aliphatic rings. The molecule has 0 radical (unpaired) electrons. The third-order valence-corrected chi connectivity index (χ3v) is 4.67. The first-order valence-corrected chi connectivity index (χ1v) is 7.61. The summed E-state index contributed by atoms with van der Waals surface area (Å²) in [5.74, 6) is 3.10. The van der Waals surface area contributed by atoms with Gasteiger partial charge in [0, 0.05) is 17.3 Å². The Kier molecular flexibility index (Phi) is 8.52. The molecule has 0 aromatic rings. The van der Waals surface area contributed by atoms with Gasteiger partial charge in [0.2, 0.25) is 0 Å². The van der Waals surface area contributed by atoms with Crippen LogP contribution >= 0.6 is 11.8 Å². The number of hydrogen-bond acceptors (Lipinski definition) is 3. The highest BCUT2D eigenvalue weighted by Crippen LogP contribution is 2.17. The van der Waals surface area contributed by atoms with E-state index in [9.17, 15) is 5.11 Å². The number of hydrogen-bond donors (Lipinski definition) is 2. The highest BCUT2D eigenvalue weighted by Gasteiger charge is 2.26. The molecule has 1 unspecified atom stereocenters. The maximum Gasteiger partial charge on any atom is 0.0613 e. The van der Waals surface area contributed by atoms with Gasteiger partial charge in [0.05, 0.1) is 6.61 Å². The van der Waals surface area contributed by atoms with Gasteiger partial charge >= 0.3 is 0 Å². The van der Waals surface area contributed by atoms with Gasteiger partial charge in [-0.3, -0.25) is 0 Å². The fourth-order valence-corrected chi connectivity index (χ4v) is 2.81. The molecule has 2 N–H and O–H groups in total. The zero-order chi connectivity index (χ0) is 12.6. The van der Waals surface area contributed by atoms with Crippen molar-refractivity contribution in [2.45, 2.75) is 59.0 Å². The number of thioether (sulfide) groups is 1. The van der Waals surface area contributed by atoms with E-state index < -0.39 is 0 Å². The molecule has 0 amide bonds. The van der Waals surface area contributed by atoms with Gasteiger partial charge < -0.3 is 10.4 Å². The largest absolute Gasteiger partial charge is 0.394 e. The lowest BCUT2D eigenvalue weighted by Crippen LogP contribution is -2.52. The van der Waals surface area contributed by atoms with Gasteiger partial charge in [-0.25, -0.2) is 0 Å². The van der Waals surface area contributed by atoms with Gasteiger partial charge in [-0.2, -0.15) is 11.8 Å². The van der Waals surface area contributed by atoms with E-state index in [0.717, 1.165) is 24.5 Å². The molecule has 0 saturated carbocycles. The summed E-state index contributed by atoms with van der Waals surface area (Å²) in [4.78, 5) is 0. The maximum absolute atomic E-state index is 9.47. The van der Waals surface area contributed by atoms with E-state index in [4.69, 9.17) is 0 Å². The molecule has 1 atom stereocenters. The Labute approximate surface area is 106 Å². The van der Waals surface area contributed by atoms with Gasteiger partial charge in [0.15, 0.2) is 0 Å². The first-order chi connectivity index (χ1) is 7.49. The molecule has 2 nitrogen and oxygen atoms in total. The highest BCUT2D eigenvalue weighted by atomic mass is 32.2. The molecule has 0 spiro atoms. The predicted octanol–water partition coefficient (Wildman–Crippen LogP) is 2.90. The molecule has 0 fully saturated rings. The summed E-state index contributed by atoms with van der Waals surface area (Å²) in [7, 11) is 0. The molecule has 3 heteroatoms. The van der Waals surface area contributed by atoms with Crippen molar-refractivity contribution in [3.8, 4) is 0 Å². The summed E-state index contributed by atoms with van der Waals surface area (Å²) >= 11 is 2.00. The molecule has 0 aromatic carbocycles. The van der Waals surface area contributed by atoms with Crippen LogP contribution in [0.5, 0.6) is 0 Å². The van der Waals surface area contributed by atoms with E-state index in [2.05, 4.69) is 39.9 Å². The summed E-state index contributed by atoms with van der Waals surface area (Å²) in [5, 5.41) is 13.1. The van der Waals surface area contributed by atoms with Crippen LogP contribution in [0, 0.1) is 5.92 Å². The minimum Gasteiger partial charge on any atom is -0.394 e. The monoisotopic (exact) mass is 247 g/mol. The van der Waals surface area contributed by atoms with E-state index in [1.54, 1.807) is 0 Å². The summed E-state index contributed by atoms with van der Waals surface area (Å²) in [6, 6.07) is 0.468. The third-order valence-electron chi connectivity index (χ3n) is 3.03. The highest BCUT2D eigenvalue weighted by molar-refractivity contribution is 7.99. The van der Waals surface area contributed by atoms with Crippen LogP contribution in [0.3, 0.4) is 0 Å². The lowest BCUT2D eigenvalue weighted by atomic mass is 9.93. The minimum atomic E-state index is -0.0716. The average molecular weight is 247 g/mol. The lowest BCUT2D eigenvalue weighted by molar-refractivity contribution is 0.143. The second-order valence-corrected chi connectivity index (χ2v) is 6.20. The number of rotatable bonds is 9. The Morgan fingerprint density at radius 1 is 1.12 bits per heavy atom. The standard InChI is InChI=1S/C13H29NOS/c1-6-13(7-2,10-15)14-12(5)9-16-8-11(3)4/h11-12,14-15H,6-10H2,1-5H3. The Bertz CT molecular complexity index is 161. The van der Waals surface area contributed by atoms with Crippen LogP contribution in [-0.4, -0.2) is 34.8 Å². The maximum atomic E-state index is 9.47. The molecule has 0 aliphatic heterocycles. The van der Waals surface area contributed by atoms with Crippen molar-refractivity contribution in [2.24, 2.45) is 5.92 Å². The lowest BCUT2D eigenvalue weighted by Gasteiger charge is -2.34. The summed E-state index contributed by atoms with van der Waals surface area (Å²) in [5.41, 5.74) is -0.0716. The quantitative estimate of drug-likeness (QED) is 0.657. The Hall–Kier alpha value is 0.270. The molecule has 0 aromatic heterocycles. The van der Waals surface area contributed by atoms with E-state index >= 15 is 0 Å². The molecule has 16 heavy (non-hydrogen) atoms. The Morgan fingerprint density at radius 2 is 1.69 bits per heavy atom. The van der Waals surface area contributed by atoms with Crippen LogP contribution in [0.4, 0.5) is 0 Å². The molecule has 0 heterocycles. The molecule has 0 aliphatic carbocycles. The molecule has 0 rings (SSSR count). The van der Waals surface area contributed by atoms with Crippen LogP contribution in [0.25, 0.3) is 0 Å². The first kappa shape index (κ1) is 16.3. The van der Waals surface area contributed by atoms with Crippen LogP contribution in [0.15, 0.2) is 0 Å². The second-order valence-electron chi connectivity index (χ2n) is 5.12. The molecular weight excluding hydrogens is 218 g/mol. The average Bonchev–Trinajstić information content (AvgIpc) is 2.25. The second kappa shape index (κ2) is 8.37. The third kappa shape index (κ3) is 6.12. The normalized spacial score (nSPS) is 14.4. The smallest absolute Gasteiger partial charge is 0.0613 e. The van der Waals surface area contributed by atoms with Gasteiger partial charge in [0.25, 0.3) is 0 Å². The summed E-state index contributed by atoms with van der Waals surface area (Å²) in [6.07, 6.45) is 1.97. The van der Waals surface area contributed by atoms with Crippen molar-refractivity contribution in [1.82, 2.24) is 5.32 Å². The molecule has 0 bridgehead atoms. The zero-order valence-corrected chi connectivity index (χ0v) is 12.4. The van der Waals surface area contributed by atoms with Crippen molar-refractivity contribution in [3.05, 3.63) is 0 Å². The molecule has 98 valence electrons. The predicted molar refractivity (Wildman–Crippen MR) is 75.2 cm³/mol. The van der Waals surface area contributed by atoms with Gasteiger partial charge in [-0.15, -0.1) is 0 Å². The van der Waals surface area contributed by atoms with Crippen LogP contribution in [0.1, 0.15) is 47.5 Å². The van der Waals surface area contributed by atoms with Crippen LogP contribution in [-0.2, 0) is 0 Å². The van der Waals surface area contributed by atoms with Crippen LogP contribution < -0.4 is 5.32 Å². The van der Waals surface area contributed by atoms with Gasteiger partial charge in [-0.1, -0.05) is 27.7 Å². The molecule has 0 saturated heterocycles. The SMILES string of the molecule is CCC(CC)(CO)NC(C)CSCC(C)C. The fourth-order valence-electron chi connectivity index (χ4n) is 1.77. The van der Waals surface area contributed by atoms with Crippen molar-refractivity contribution in [2.75, 3.05) is 18.1 Å².